The van der Waals surface area contributed by atoms with Crippen LogP contribution >= 0.6 is 34.8 Å². The number of benzene rings is 1. The number of aromatic nitrogens is 2. The highest BCUT2D eigenvalue weighted by atomic mass is 35.5. The largest absolute Gasteiger partial charge is 0.378 e. The maximum absolute atomic E-state index is 6.08. The zero-order chi connectivity index (χ0) is 13.3. The van der Waals surface area contributed by atoms with E-state index in [4.69, 9.17) is 34.8 Å². The van der Waals surface area contributed by atoms with Crippen molar-refractivity contribution in [2.24, 2.45) is 7.05 Å². The monoisotopic (exact) mass is 303 g/mol. The molecule has 18 heavy (non-hydrogen) atoms. The lowest BCUT2D eigenvalue weighted by Crippen LogP contribution is -2.05. The number of hydrogen-bond donors (Lipinski definition) is 1. The normalized spacial score (nSPS) is 10.7. The minimum atomic E-state index is 0.448. The van der Waals surface area contributed by atoms with Crippen LogP contribution in [0.4, 0.5) is 5.69 Å². The first-order chi connectivity index (χ1) is 8.47. The molecule has 0 saturated heterocycles. The maximum Gasteiger partial charge on any atom is 0.0653 e. The molecular weight excluding hydrogens is 293 g/mol. The summed E-state index contributed by atoms with van der Waals surface area (Å²) in [5.74, 6) is 0. The Morgan fingerprint density at radius 1 is 1.11 bits per heavy atom. The van der Waals surface area contributed by atoms with Gasteiger partial charge in [-0.2, -0.15) is 5.10 Å². The van der Waals surface area contributed by atoms with Crippen molar-refractivity contribution in [3.05, 3.63) is 44.7 Å². The minimum absolute atomic E-state index is 0.448. The van der Waals surface area contributed by atoms with Gasteiger partial charge in [-0.3, -0.25) is 4.68 Å². The zero-order valence-corrected chi connectivity index (χ0v) is 12.2. The van der Waals surface area contributed by atoms with E-state index in [-0.39, 0.29) is 0 Å². The Balaban J connectivity index is 2.15. The predicted molar refractivity (Wildman–Crippen MR) is 76.7 cm³/mol. The van der Waals surface area contributed by atoms with Crippen LogP contribution in [-0.4, -0.2) is 9.78 Å². The van der Waals surface area contributed by atoms with Gasteiger partial charge in [0.25, 0.3) is 0 Å². The van der Waals surface area contributed by atoms with Gasteiger partial charge in [0.1, 0.15) is 0 Å². The third-order valence-electron chi connectivity index (χ3n) is 2.57. The predicted octanol–water partition coefficient (Wildman–Crippen LogP) is 4.30. The van der Waals surface area contributed by atoms with Crippen molar-refractivity contribution in [3.8, 4) is 0 Å². The van der Waals surface area contributed by atoms with E-state index in [1.54, 1.807) is 12.1 Å². The number of halogens is 3. The molecule has 1 heterocycles. The van der Waals surface area contributed by atoms with E-state index in [0.29, 0.717) is 21.6 Å². The SMILES string of the molecule is Cc1cc(CNc2cc(Cl)c(Cl)cc2Cl)n(C)n1. The standard InChI is InChI=1S/C12H12Cl3N3/c1-7-3-8(18(2)17-7)6-16-12-5-10(14)9(13)4-11(12)15/h3-5,16H,6H2,1-2H3. The lowest BCUT2D eigenvalue weighted by Gasteiger charge is -2.09. The minimum Gasteiger partial charge on any atom is -0.378 e. The van der Waals surface area contributed by atoms with Gasteiger partial charge in [-0.25, -0.2) is 0 Å². The molecular formula is C12H12Cl3N3. The molecule has 0 unspecified atom stereocenters. The van der Waals surface area contributed by atoms with Crippen molar-refractivity contribution in [2.75, 3.05) is 5.32 Å². The first kappa shape index (κ1) is 13.5. The molecule has 0 bridgehead atoms. The summed E-state index contributed by atoms with van der Waals surface area (Å²) in [4.78, 5) is 0. The number of nitrogens with one attached hydrogen (secondary N) is 1. The molecule has 2 aromatic rings. The average molecular weight is 305 g/mol. The van der Waals surface area contributed by atoms with Crippen molar-refractivity contribution >= 4 is 40.5 Å². The van der Waals surface area contributed by atoms with Crippen LogP contribution in [0, 0.1) is 6.92 Å². The molecule has 1 aromatic heterocycles. The molecule has 0 aliphatic rings. The lowest BCUT2D eigenvalue weighted by atomic mass is 10.3. The number of aryl methyl sites for hydroxylation is 2. The molecule has 3 nitrogen and oxygen atoms in total. The smallest absolute Gasteiger partial charge is 0.0653 e. The van der Waals surface area contributed by atoms with Crippen LogP contribution in [0.5, 0.6) is 0 Å². The second kappa shape index (κ2) is 5.39. The lowest BCUT2D eigenvalue weighted by molar-refractivity contribution is 0.713. The highest BCUT2D eigenvalue weighted by Gasteiger charge is 2.07. The fourth-order valence-corrected chi connectivity index (χ4v) is 2.29. The van der Waals surface area contributed by atoms with Crippen molar-refractivity contribution in [1.29, 1.82) is 0 Å². The van der Waals surface area contributed by atoms with Gasteiger partial charge in [0.2, 0.25) is 0 Å². The van der Waals surface area contributed by atoms with E-state index < -0.39 is 0 Å². The molecule has 96 valence electrons. The second-order valence-corrected chi connectivity index (χ2v) is 5.22. The fraction of sp³-hybridized carbons (Fsp3) is 0.250. The van der Waals surface area contributed by atoms with Crippen LogP contribution < -0.4 is 5.32 Å². The second-order valence-electron chi connectivity index (χ2n) is 4.00. The summed E-state index contributed by atoms with van der Waals surface area (Å²) in [6.07, 6.45) is 0. The molecule has 0 aliphatic carbocycles. The van der Waals surface area contributed by atoms with Crippen LogP contribution in [0.2, 0.25) is 15.1 Å². The quantitative estimate of drug-likeness (QED) is 0.857. The Labute approximate surface area is 121 Å². The molecule has 2 rings (SSSR count). The van der Waals surface area contributed by atoms with E-state index >= 15 is 0 Å². The highest BCUT2D eigenvalue weighted by Crippen LogP contribution is 2.32. The third-order valence-corrected chi connectivity index (χ3v) is 3.60. The number of rotatable bonds is 3. The summed E-state index contributed by atoms with van der Waals surface area (Å²) in [7, 11) is 1.90. The molecule has 0 fully saturated rings. The van der Waals surface area contributed by atoms with Gasteiger partial charge in [0, 0.05) is 7.05 Å². The van der Waals surface area contributed by atoms with Gasteiger partial charge in [-0.1, -0.05) is 34.8 Å². The number of anilines is 1. The Morgan fingerprint density at radius 3 is 2.39 bits per heavy atom. The molecule has 6 heteroatoms. The molecule has 1 aromatic carbocycles. The summed E-state index contributed by atoms with van der Waals surface area (Å²) in [5.41, 5.74) is 2.80. The first-order valence-corrected chi connectivity index (χ1v) is 6.48. The third kappa shape index (κ3) is 2.91. The topological polar surface area (TPSA) is 29.9 Å². The fourth-order valence-electron chi connectivity index (χ4n) is 1.67. The molecule has 0 aliphatic heterocycles. The van der Waals surface area contributed by atoms with Gasteiger partial charge in [-0.15, -0.1) is 0 Å². The van der Waals surface area contributed by atoms with E-state index in [2.05, 4.69) is 10.4 Å². The van der Waals surface area contributed by atoms with Gasteiger partial charge >= 0.3 is 0 Å². The summed E-state index contributed by atoms with van der Waals surface area (Å²) in [6, 6.07) is 5.36. The van der Waals surface area contributed by atoms with Crippen LogP contribution in [-0.2, 0) is 13.6 Å². The molecule has 0 radical (unpaired) electrons. The Kier molecular flexibility index (Phi) is 4.05. The van der Waals surface area contributed by atoms with Crippen LogP contribution in [0.15, 0.2) is 18.2 Å². The summed E-state index contributed by atoms with van der Waals surface area (Å²) >= 11 is 17.9. The van der Waals surface area contributed by atoms with Crippen LogP contribution in [0.25, 0.3) is 0 Å². The average Bonchev–Trinajstić information content (AvgIpc) is 2.61. The van der Waals surface area contributed by atoms with Gasteiger partial charge in [0.15, 0.2) is 0 Å². The first-order valence-electron chi connectivity index (χ1n) is 5.35. The number of hydrogen-bond acceptors (Lipinski definition) is 2. The van der Waals surface area contributed by atoms with Crippen molar-refractivity contribution in [3.63, 3.8) is 0 Å². The molecule has 0 spiro atoms. The van der Waals surface area contributed by atoms with E-state index in [1.807, 2.05) is 24.7 Å². The van der Waals surface area contributed by atoms with Crippen molar-refractivity contribution in [1.82, 2.24) is 9.78 Å². The summed E-state index contributed by atoms with van der Waals surface area (Å²) in [5, 5.41) is 8.96. The van der Waals surface area contributed by atoms with E-state index in [0.717, 1.165) is 17.1 Å². The van der Waals surface area contributed by atoms with Crippen LogP contribution in [0.1, 0.15) is 11.4 Å². The summed E-state index contributed by atoms with van der Waals surface area (Å²) in [6.45, 7) is 2.57. The highest BCUT2D eigenvalue weighted by molar-refractivity contribution is 6.44. The maximum atomic E-state index is 6.08. The molecule has 0 atom stereocenters. The van der Waals surface area contributed by atoms with E-state index in [1.165, 1.54) is 0 Å². The van der Waals surface area contributed by atoms with E-state index in [9.17, 15) is 0 Å². The Hall–Kier alpha value is -0.900. The van der Waals surface area contributed by atoms with Gasteiger partial charge in [-0.05, 0) is 25.1 Å². The molecule has 0 amide bonds. The Bertz CT molecular complexity index is 578. The number of nitrogens with zero attached hydrogens (tertiary/aromatic N) is 2. The van der Waals surface area contributed by atoms with Crippen molar-refractivity contribution in [2.45, 2.75) is 13.5 Å². The summed E-state index contributed by atoms with van der Waals surface area (Å²) < 4.78 is 1.83. The van der Waals surface area contributed by atoms with Crippen molar-refractivity contribution < 1.29 is 0 Å². The molecule has 1 N–H and O–H groups in total. The Morgan fingerprint density at radius 2 is 1.78 bits per heavy atom. The van der Waals surface area contributed by atoms with Gasteiger partial charge < -0.3 is 5.32 Å². The van der Waals surface area contributed by atoms with Crippen LogP contribution in [0.3, 0.4) is 0 Å². The zero-order valence-electron chi connectivity index (χ0n) is 9.97. The van der Waals surface area contributed by atoms with Gasteiger partial charge in [0.05, 0.1) is 38.7 Å². The molecule has 0 saturated carbocycles.